The summed E-state index contributed by atoms with van der Waals surface area (Å²) in [5.74, 6) is 1.50. The number of carbonyl (C=O) groups excluding carboxylic acids is 1. The SMILES string of the molecule is C#CCN(CC(=O)O)C(=O)[C@H](N)CCSC. The average molecular weight is 244 g/mol. The van der Waals surface area contributed by atoms with Crippen molar-refractivity contribution in [3.05, 3.63) is 0 Å². The highest BCUT2D eigenvalue weighted by atomic mass is 32.2. The summed E-state index contributed by atoms with van der Waals surface area (Å²) in [6.07, 6.45) is 7.49. The first-order chi connectivity index (χ1) is 7.52. The molecule has 1 atom stereocenters. The maximum Gasteiger partial charge on any atom is 0.323 e. The predicted octanol–water partition coefficient (Wildman–Crippen LogP) is -0.387. The van der Waals surface area contributed by atoms with Crippen LogP contribution in [0.1, 0.15) is 6.42 Å². The van der Waals surface area contributed by atoms with Gasteiger partial charge >= 0.3 is 5.97 Å². The minimum absolute atomic E-state index is 0.0297. The maximum atomic E-state index is 11.7. The summed E-state index contributed by atoms with van der Waals surface area (Å²) in [6.45, 7) is -0.436. The fraction of sp³-hybridized carbons (Fsp3) is 0.600. The molecule has 0 aromatic rings. The Bertz CT molecular complexity index is 288. The smallest absolute Gasteiger partial charge is 0.323 e. The Morgan fingerprint density at radius 1 is 1.62 bits per heavy atom. The van der Waals surface area contributed by atoms with Crippen molar-refractivity contribution in [2.45, 2.75) is 12.5 Å². The molecule has 0 bridgehead atoms. The van der Waals surface area contributed by atoms with Crippen molar-refractivity contribution in [2.24, 2.45) is 5.73 Å². The fourth-order valence-electron chi connectivity index (χ4n) is 1.09. The van der Waals surface area contributed by atoms with Crippen LogP contribution in [0.2, 0.25) is 0 Å². The van der Waals surface area contributed by atoms with Crippen LogP contribution in [0.5, 0.6) is 0 Å². The van der Waals surface area contributed by atoms with Gasteiger partial charge in [0.05, 0.1) is 12.6 Å². The third kappa shape index (κ3) is 5.63. The highest BCUT2D eigenvalue weighted by Gasteiger charge is 2.21. The number of amides is 1. The van der Waals surface area contributed by atoms with Crippen molar-refractivity contribution in [3.8, 4) is 12.3 Å². The second-order valence-corrected chi connectivity index (χ2v) is 4.17. The number of thioether (sulfide) groups is 1. The van der Waals surface area contributed by atoms with Crippen LogP contribution in [0.25, 0.3) is 0 Å². The molecule has 6 heteroatoms. The molecule has 0 saturated heterocycles. The Kier molecular flexibility index (Phi) is 7.42. The van der Waals surface area contributed by atoms with Crippen molar-refractivity contribution in [1.29, 1.82) is 0 Å². The number of nitrogens with two attached hydrogens (primary N) is 1. The molecule has 0 heterocycles. The molecule has 0 saturated carbocycles. The van der Waals surface area contributed by atoms with Crippen LogP contribution in [-0.4, -0.2) is 53.0 Å². The highest BCUT2D eigenvalue weighted by molar-refractivity contribution is 7.98. The quantitative estimate of drug-likeness (QED) is 0.596. The number of hydrogen-bond donors (Lipinski definition) is 2. The molecule has 0 aliphatic rings. The zero-order valence-electron chi connectivity index (χ0n) is 9.18. The highest BCUT2D eigenvalue weighted by Crippen LogP contribution is 2.02. The lowest BCUT2D eigenvalue weighted by atomic mass is 10.2. The molecule has 5 nitrogen and oxygen atoms in total. The number of nitrogens with zero attached hydrogens (tertiary/aromatic N) is 1. The Balaban J connectivity index is 4.36. The van der Waals surface area contributed by atoms with Gasteiger partial charge < -0.3 is 15.7 Å². The van der Waals surface area contributed by atoms with Gasteiger partial charge in [-0.1, -0.05) is 5.92 Å². The molecule has 3 N–H and O–H groups in total. The topological polar surface area (TPSA) is 83.6 Å². The molecule has 0 aliphatic heterocycles. The first-order valence-corrected chi connectivity index (χ1v) is 6.10. The summed E-state index contributed by atoms with van der Waals surface area (Å²) >= 11 is 1.58. The number of terminal acetylenes is 1. The van der Waals surface area contributed by atoms with Gasteiger partial charge in [0.25, 0.3) is 0 Å². The number of rotatable bonds is 7. The molecular formula is C10H16N2O3S. The van der Waals surface area contributed by atoms with E-state index in [0.717, 1.165) is 10.7 Å². The molecule has 0 aromatic heterocycles. The number of carboxylic acids is 1. The molecular weight excluding hydrogens is 228 g/mol. The second kappa shape index (κ2) is 8.02. The molecule has 0 rings (SSSR count). The van der Waals surface area contributed by atoms with Crippen LogP contribution in [0, 0.1) is 12.3 Å². The molecule has 1 amide bonds. The van der Waals surface area contributed by atoms with E-state index in [-0.39, 0.29) is 6.54 Å². The first kappa shape index (κ1) is 14.8. The zero-order chi connectivity index (χ0) is 12.6. The summed E-state index contributed by atoms with van der Waals surface area (Å²) in [6, 6.07) is -0.680. The average Bonchev–Trinajstić information content (AvgIpc) is 2.23. The van der Waals surface area contributed by atoms with Crippen LogP contribution >= 0.6 is 11.8 Å². The maximum absolute atomic E-state index is 11.7. The first-order valence-electron chi connectivity index (χ1n) is 4.71. The zero-order valence-corrected chi connectivity index (χ0v) is 10.00. The van der Waals surface area contributed by atoms with Crippen LogP contribution in [-0.2, 0) is 9.59 Å². The van der Waals surface area contributed by atoms with Crippen molar-refractivity contribution < 1.29 is 14.7 Å². The molecule has 0 aliphatic carbocycles. The molecule has 90 valence electrons. The Labute approximate surface area is 99.4 Å². The van der Waals surface area contributed by atoms with E-state index in [1.807, 2.05) is 6.26 Å². The Hall–Kier alpha value is -1.19. The number of hydrogen-bond acceptors (Lipinski definition) is 4. The lowest BCUT2D eigenvalue weighted by Crippen LogP contribution is -2.46. The van der Waals surface area contributed by atoms with Gasteiger partial charge in [-0.05, 0) is 18.4 Å². The van der Waals surface area contributed by atoms with Crippen molar-refractivity contribution in [3.63, 3.8) is 0 Å². The molecule has 0 fully saturated rings. The lowest BCUT2D eigenvalue weighted by Gasteiger charge is -2.21. The normalized spacial score (nSPS) is 11.6. The van der Waals surface area contributed by atoms with Gasteiger partial charge in [0.15, 0.2) is 0 Å². The van der Waals surface area contributed by atoms with E-state index in [9.17, 15) is 9.59 Å². The minimum Gasteiger partial charge on any atom is -0.480 e. The van der Waals surface area contributed by atoms with Gasteiger partial charge in [-0.3, -0.25) is 9.59 Å². The summed E-state index contributed by atoms with van der Waals surface area (Å²) in [5.41, 5.74) is 5.64. The van der Waals surface area contributed by atoms with Crippen molar-refractivity contribution in [2.75, 3.05) is 25.1 Å². The van der Waals surface area contributed by atoms with Gasteiger partial charge in [0, 0.05) is 0 Å². The molecule has 16 heavy (non-hydrogen) atoms. The van der Waals surface area contributed by atoms with Gasteiger partial charge in [0.2, 0.25) is 5.91 Å². The molecule has 0 aromatic carbocycles. The summed E-state index contributed by atoms with van der Waals surface area (Å²) in [4.78, 5) is 23.3. The van der Waals surface area contributed by atoms with E-state index in [2.05, 4.69) is 5.92 Å². The number of aliphatic carboxylic acids is 1. The van der Waals surface area contributed by atoms with Crippen molar-refractivity contribution >= 4 is 23.6 Å². The van der Waals surface area contributed by atoms with Gasteiger partial charge in [-0.2, -0.15) is 11.8 Å². The lowest BCUT2D eigenvalue weighted by molar-refractivity contribution is -0.144. The predicted molar refractivity (Wildman–Crippen MR) is 64.0 cm³/mol. The van der Waals surface area contributed by atoms with Gasteiger partial charge in [0.1, 0.15) is 6.54 Å². The third-order valence-corrected chi connectivity index (χ3v) is 2.51. The summed E-state index contributed by atoms with van der Waals surface area (Å²) in [7, 11) is 0. The standard InChI is InChI=1S/C10H16N2O3S/c1-3-5-12(7-9(13)14)10(15)8(11)4-6-16-2/h1,8H,4-7,11H2,2H3,(H,13,14)/t8-/m1/s1. The van der Waals surface area contributed by atoms with Crippen molar-refractivity contribution in [1.82, 2.24) is 4.90 Å². The molecule has 0 radical (unpaired) electrons. The van der Waals surface area contributed by atoms with E-state index >= 15 is 0 Å². The van der Waals surface area contributed by atoms with E-state index in [0.29, 0.717) is 6.42 Å². The fourth-order valence-corrected chi connectivity index (χ4v) is 1.58. The van der Waals surface area contributed by atoms with Crippen LogP contribution in [0.15, 0.2) is 0 Å². The Morgan fingerprint density at radius 2 is 2.25 bits per heavy atom. The molecule has 0 spiro atoms. The second-order valence-electron chi connectivity index (χ2n) is 3.18. The van der Waals surface area contributed by atoms with Gasteiger partial charge in [-0.25, -0.2) is 0 Å². The monoisotopic (exact) mass is 244 g/mol. The summed E-state index contributed by atoms with van der Waals surface area (Å²) < 4.78 is 0. The number of carboxylic acid groups (broad SMARTS) is 1. The Morgan fingerprint density at radius 3 is 2.69 bits per heavy atom. The van der Waals surface area contributed by atoms with Crippen LogP contribution in [0.4, 0.5) is 0 Å². The van der Waals surface area contributed by atoms with E-state index < -0.39 is 24.5 Å². The van der Waals surface area contributed by atoms with Gasteiger partial charge in [-0.15, -0.1) is 6.42 Å². The number of carbonyl (C=O) groups is 2. The molecule has 0 unspecified atom stereocenters. The minimum atomic E-state index is -1.10. The van der Waals surface area contributed by atoms with E-state index in [1.165, 1.54) is 0 Å². The summed E-state index contributed by atoms with van der Waals surface area (Å²) in [5, 5.41) is 8.61. The largest absolute Gasteiger partial charge is 0.480 e. The van der Waals surface area contributed by atoms with Crippen LogP contribution in [0.3, 0.4) is 0 Å². The van der Waals surface area contributed by atoms with Crippen LogP contribution < -0.4 is 5.73 Å². The van der Waals surface area contributed by atoms with E-state index in [4.69, 9.17) is 17.3 Å². The third-order valence-electron chi connectivity index (χ3n) is 1.87. The van der Waals surface area contributed by atoms with E-state index in [1.54, 1.807) is 11.8 Å².